The molecular formula is C16H22Cl2N2O. The molecule has 2 rings (SSSR count). The summed E-state index contributed by atoms with van der Waals surface area (Å²) in [5.41, 5.74) is 1.06. The van der Waals surface area contributed by atoms with E-state index in [-0.39, 0.29) is 11.8 Å². The van der Waals surface area contributed by atoms with Crippen LogP contribution in [-0.2, 0) is 11.3 Å². The number of amides is 1. The molecule has 1 aromatic carbocycles. The van der Waals surface area contributed by atoms with Crippen molar-refractivity contribution in [1.82, 2.24) is 10.2 Å². The summed E-state index contributed by atoms with van der Waals surface area (Å²) in [5.74, 6) is 0.344. The topological polar surface area (TPSA) is 32.3 Å². The predicted molar refractivity (Wildman–Crippen MR) is 87.7 cm³/mol. The van der Waals surface area contributed by atoms with E-state index in [1.807, 2.05) is 30.9 Å². The van der Waals surface area contributed by atoms with Gasteiger partial charge in [0.05, 0.1) is 0 Å². The van der Waals surface area contributed by atoms with Crippen molar-refractivity contribution in [3.63, 3.8) is 0 Å². The fourth-order valence-corrected chi connectivity index (χ4v) is 3.06. The summed E-state index contributed by atoms with van der Waals surface area (Å²) in [4.78, 5) is 13.9. The highest BCUT2D eigenvalue weighted by atomic mass is 35.5. The number of nitrogens with zero attached hydrogens (tertiary/aromatic N) is 1. The summed E-state index contributed by atoms with van der Waals surface area (Å²) in [5, 5.41) is 4.87. The van der Waals surface area contributed by atoms with Gasteiger partial charge in [-0.05, 0) is 30.5 Å². The van der Waals surface area contributed by atoms with Crippen LogP contribution in [0.5, 0.6) is 0 Å². The predicted octanol–water partition coefficient (Wildman–Crippen LogP) is 3.73. The number of hydrogen-bond acceptors (Lipinski definition) is 2. The minimum absolute atomic E-state index is 0.0855. The van der Waals surface area contributed by atoms with Gasteiger partial charge < -0.3 is 10.2 Å². The van der Waals surface area contributed by atoms with E-state index >= 15 is 0 Å². The molecule has 0 aromatic heterocycles. The quantitative estimate of drug-likeness (QED) is 0.913. The molecule has 5 heteroatoms. The Hall–Kier alpha value is -0.770. The molecular weight excluding hydrogens is 307 g/mol. The Kier molecular flexibility index (Phi) is 5.91. The highest BCUT2D eigenvalue weighted by Gasteiger charge is 2.23. The highest BCUT2D eigenvalue weighted by Crippen LogP contribution is 2.21. The van der Waals surface area contributed by atoms with Crippen LogP contribution in [0.1, 0.15) is 32.3 Å². The number of hydrogen-bond donors (Lipinski definition) is 1. The van der Waals surface area contributed by atoms with E-state index in [2.05, 4.69) is 5.32 Å². The zero-order chi connectivity index (χ0) is 15.4. The summed E-state index contributed by atoms with van der Waals surface area (Å²) in [6.45, 7) is 6.31. The highest BCUT2D eigenvalue weighted by molar-refractivity contribution is 6.35. The summed E-state index contributed by atoms with van der Waals surface area (Å²) < 4.78 is 0. The number of halogens is 2. The first-order valence-electron chi connectivity index (χ1n) is 7.43. The molecule has 0 unspecified atom stereocenters. The number of carbonyl (C=O) groups is 1. The monoisotopic (exact) mass is 328 g/mol. The van der Waals surface area contributed by atoms with Crippen molar-refractivity contribution >= 4 is 29.1 Å². The van der Waals surface area contributed by atoms with Crippen molar-refractivity contribution in [1.29, 1.82) is 0 Å². The molecule has 0 aliphatic carbocycles. The normalized spacial score (nSPS) is 16.5. The fraction of sp³-hybridized carbons (Fsp3) is 0.562. The Morgan fingerprint density at radius 2 is 2.00 bits per heavy atom. The molecule has 1 saturated heterocycles. The number of nitrogens with one attached hydrogen (secondary N) is 1. The van der Waals surface area contributed by atoms with Gasteiger partial charge in [-0.25, -0.2) is 0 Å². The first kappa shape index (κ1) is 16.6. The van der Waals surface area contributed by atoms with Gasteiger partial charge in [-0.1, -0.05) is 43.1 Å². The largest absolute Gasteiger partial charge is 0.342 e. The second-order valence-electron chi connectivity index (χ2n) is 5.87. The third-order valence-electron chi connectivity index (χ3n) is 3.90. The van der Waals surface area contributed by atoms with E-state index in [1.165, 1.54) is 0 Å². The Balaban J connectivity index is 1.80. The Labute approximate surface area is 136 Å². The average Bonchev–Trinajstić information content (AvgIpc) is 2.46. The molecule has 116 valence electrons. The standard InChI is InChI=1S/C16H22Cl2N2O/c1-11(2)16(21)20-7-5-14(6-8-20)19-10-12-3-4-13(17)9-15(12)18/h3-4,9,11,14,19H,5-8,10H2,1-2H3. The summed E-state index contributed by atoms with van der Waals surface area (Å²) in [7, 11) is 0. The molecule has 3 nitrogen and oxygen atoms in total. The fourth-order valence-electron chi connectivity index (χ4n) is 2.59. The minimum atomic E-state index is 0.0855. The average molecular weight is 329 g/mol. The van der Waals surface area contributed by atoms with Gasteiger partial charge in [0.2, 0.25) is 5.91 Å². The van der Waals surface area contributed by atoms with Gasteiger partial charge in [-0.3, -0.25) is 4.79 Å². The van der Waals surface area contributed by atoms with Crippen molar-refractivity contribution in [2.24, 2.45) is 5.92 Å². The SMILES string of the molecule is CC(C)C(=O)N1CCC(NCc2ccc(Cl)cc2Cl)CC1. The summed E-state index contributed by atoms with van der Waals surface area (Å²) in [6, 6.07) is 6.01. The molecule has 1 aliphatic heterocycles. The van der Waals surface area contributed by atoms with Crippen molar-refractivity contribution in [3.8, 4) is 0 Å². The molecule has 0 bridgehead atoms. The van der Waals surface area contributed by atoms with Crippen LogP contribution in [0.3, 0.4) is 0 Å². The number of rotatable bonds is 4. The van der Waals surface area contributed by atoms with Crippen molar-refractivity contribution in [2.75, 3.05) is 13.1 Å². The van der Waals surface area contributed by atoms with Crippen LogP contribution in [0.2, 0.25) is 10.0 Å². The maximum Gasteiger partial charge on any atom is 0.225 e. The Bertz CT molecular complexity index is 497. The van der Waals surface area contributed by atoms with Crippen molar-refractivity contribution in [3.05, 3.63) is 33.8 Å². The van der Waals surface area contributed by atoms with Crippen LogP contribution in [0.25, 0.3) is 0 Å². The molecule has 1 N–H and O–H groups in total. The zero-order valence-corrected chi connectivity index (χ0v) is 14.0. The lowest BCUT2D eigenvalue weighted by atomic mass is 10.0. The lowest BCUT2D eigenvalue weighted by Gasteiger charge is -2.33. The number of likely N-dealkylation sites (tertiary alicyclic amines) is 1. The molecule has 1 amide bonds. The summed E-state index contributed by atoms with van der Waals surface area (Å²) >= 11 is 12.1. The Morgan fingerprint density at radius 3 is 2.57 bits per heavy atom. The third kappa shape index (κ3) is 4.60. The van der Waals surface area contributed by atoms with Crippen molar-refractivity contribution < 1.29 is 4.79 Å². The molecule has 1 aromatic rings. The maximum absolute atomic E-state index is 11.9. The molecule has 0 saturated carbocycles. The second-order valence-corrected chi connectivity index (χ2v) is 6.71. The number of carbonyl (C=O) groups excluding carboxylic acids is 1. The van der Waals surface area contributed by atoms with E-state index in [9.17, 15) is 4.79 Å². The van der Waals surface area contributed by atoms with Gasteiger partial charge in [-0.15, -0.1) is 0 Å². The molecule has 1 fully saturated rings. The molecule has 0 radical (unpaired) electrons. The van der Waals surface area contributed by atoms with Crippen LogP contribution in [0, 0.1) is 5.92 Å². The van der Waals surface area contributed by atoms with Crippen LogP contribution in [0.15, 0.2) is 18.2 Å². The molecule has 1 heterocycles. The van der Waals surface area contributed by atoms with E-state index in [4.69, 9.17) is 23.2 Å². The molecule has 1 aliphatic rings. The van der Waals surface area contributed by atoms with Crippen LogP contribution < -0.4 is 5.32 Å². The van der Waals surface area contributed by atoms with Crippen LogP contribution in [-0.4, -0.2) is 29.9 Å². The number of piperidine rings is 1. The van der Waals surface area contributed by atoms with Crippen LogP contribution in [0.4, 0.5) is 0 Å². The lowest BCUT2D eigenvalue weighted by Crippen LogP contribution is -2.46. The molecule has 0 atom stereocenters. The zero-order valence-electron chi connectivity index (χ0n) is 12.5. The van der Waals surface area contributed by atoms with Gasteiger partial charge in [0.1, 0.15) is 0 Å². The lowest BCUT2D eigenvalue weighted by molar-refractivity contribution is -0.135. The first-order valence-corrected chi connectivity index (χ1v) is 8.19. The first-order chi connectivity index (χ1) is 9.97. The Morgan fingerprint density at radius 1 is 1.33 bits per heavy atom. The minimum Gasteiger partial charge on any atom is -0.342 e. The molecule has 21 heavy (non-hydrogen) atoms. The van der Waals surface area contributed by atoms with E-state index in [1.54, 1.807) is 6.07 Å². The van der Waals surface area contributed by atoms with E-state index in [0.29, 0.717) is 16.1 Å². The van der Waals surface area contributed by atoms with Gasteiger partial charge in [0.15, 0.2) is 0 Å². The van der Waals surface area contributed by atoms with E-state index < -0.39 is 0 Å². The van der Waals surface area contributed by atoms with Gasteiger partial charge in [0, 0.05) is 41.6 Å². The molecule has 0 spiro atoms. The smallest absolute Gasteiger partial charge is 0.225 e. The van der Waals surface area contributed by atoms with Gasteiger partial charge in [0.25, 0.3) is 0 Å². The van der Waals surface area contributed by atoms with Crippen LogP contribution >= 0.6 is 23.2 Å². The van der Waals surface area contributed by atoms with Gasteiger partial charge in [-0.2, -0.15) is 0 Å². The second kappa shape index (κ2) is 7.48. The number of benzene rings is 1. The van der Waals surface area contributed by atoms with Crippen molar-refractivity contribution in [2.45, 2.75) is 39.3 Å². The summed E-state index contributed by atoms with van der Waals surface area (Å²) in [6.07, 6.45) is 1.98. The third-order valence-corrected chi connectivity index (χ3v) is 4.48. The van der Waals surface area contributed by atoms with Gasteiger partial charge >= 0.3 is 0 Å². The van der Waals surface area contributed by atoms with E-state index in [0.717, 1.165) is 38.0 Å². The maximum atomic E-state index is 11.9.